The van der Waals surface area contributed by atoms with Crippen LogP contribution in [0.1, 0.15) is 10.6 Å². The fourth-order valence-corrected chi connectivity index (χ4v) is 3.63. The zero-order valence-electron chi connectivity index (χ0n) is 13.3. The van der Waals surface area contributed by atoms with Crippen molar-refractivity contribution >= 4 is 22.2 Å². The largest absolute Gasteiger partial charge is 0.307 e. The Labute approximate surface area is 145 Å². The highest BCUT2D eigenvalue weighted by Gasteiger charge is 2.15. The number of nitrogens with one attached hydrogen (secondary N) is 1. The van der Waals surface area contributed by atoms with Crippen LogP contribution in [0.2, 0.25) is 0 Å². The predicted molar refractivity (Wildman–Crippen MR) is 96.3 cm³/mol. The summed E-state index contributed by atoms with van der Waals surface area (Å²) in [7, 11) is 0. The van der Waals surface area contributed by atoms with Crippen LogP contribution in [0.3, 0.4) is 0 Å². The fraction of sp³-hybridized carbons (Fsp3) is 0.111. The number of aromatic amines is 1. The van der Waals surface area contributed by atoms with Gasteiger partial charge in [0, 0.05) is 16.6 Å². The molecule has 0 atom stereocenters. The van der Waals surface area contributed by atoms with E-state index < -0.39 is 0 Å². The Balaban J connectivity index is 1.92. The van der Waals surface area contributed by atoms with Gasteiger partial charge in [-0.2, -0.15) is 0 Å². The van der Waals surface area contributed by atoms with Crippen LogP contribution in [-0.2, 0) is 6.54 Å². The van der Waals surface area contributed by atoms with Crippen LogP contribution in [-0.4, -0.2) is 14.3 Å². The normalized spacial score (nSPS) is 11.3. The molecule has 0 fully saturated rings. The minimum absolute atomic E-state index is 0.175. The van der Waals surface area contributed by atoms with Gasteiger partial charge in [0.05, 0.1) is 23.1 Å². The molecule has 0 amide bonds. The molecule has 4 aromatic rings. The number of halogens is 1. The van der Waals surface area contributed by atoms with Crippen LogP contribution in [0.5, 0.6) is 0 Å². The molecule has 25 heavy (non-hydrogen) atoms. The van der Waals surface area contributed by atoms with Crippen molar-refractivity contribution in [1.29, 1.82) is 0 Å². The van der Waals surface area contributed by atoms with Crippen molar-refractivity contribution < 1.29 is 4.39 Å². The van der Waals surface area contributed by atoms with Gasteiger partial charge >= 0.3 is 0 Å². The molecule has 0 unspecified atom stereocenters. The molecule has 0 aliphatic heterocycles. The lowest BCUT2D eigenvalue weighted by Crippen LogP contribution is -2.23. The number of H-pyrrole nitrogens is 1. The zero-order valence-corrected chi connectivity index (χ0v) is 14.1. The third-order valence-corrected chi connectivity index (χ3v) is 5.06. The van der Waals surface area contributed by atoms with Crippen molar-refractivity contribution in [2.45, 2.75) is 13.5 Å². The molecule has 1 N–H and O–H groups in total. The Kier molecular flexibility index (Phi) is 3.65. The standard InChI is InChI=1S/C18H14FN3O2S/c1-11-17-15(9-16(23)21(11)10-14-3-2-8-25-14)20-22(18(17)24)13-6-4-12(19)5-7-13/h2-9,20H,10H2,1H3. The van der Waals surface area contributed by atoms with E-state index in [0.717, 1.165) is 4.88 Å². The Morgan fingerprint density at radius 3 is 2.60 bits per heavy atom. The minimum atomic E-state index is -0.375. The van der Waals surface area contributed by atoms with Crippen molar-refractivity contribution in [2.75, 3.05) is 0 Å². The SMILES string of the molecule is Cc1c2c(=O)n(-c3ccc(F)cc3)[nH]c2cc(=O)n1Cc1cccs1. The molecule has 5 nitrogen and oxygen atoms in total. The zero-order chi connectivity index (χ0) is 17.6. The number of thiophene rings is 1. The van der Waals surface area contributed by atoms with Gasteiger partial charge in [-0.15, -0.1) is 11.3 Å². The monoisotopic (exact) mass is 355 g/mol. The summed E-state index contributed by atoms with van der Waals surface area (Å²) in [4.78, 5) is 26.3. The van der Waals surface area contributed by atoms with Crippen LogP contribution >= 0.6 is 11.3 Å². The van der Waals surface area contributed by atoms with Crippen LogP contribution in [0.4, 0.5) is 4.39 Å². The van der Waals surface area contributed by atoms with Gasteiger partial charge in [0.25, 0.3) is 11.1 Å². The van der Waals surface area contributed by atoms with E-state index in [-0.39, 0.29) is 16.9 Å². The van der Waals surface area contributed by atoms with Crippen molar-refractivity contribution in [2.24, 2.45) is 0 Å². The predicted octanol–water partition coefficient (Wildman–Crippen LogP) is 3.04. The number of hydrogen-bond donors (Lipinski definition) is 1. The van der Waals surface area contributed by atoms with Gasteiger partial charge in [0.2, 0.25) is 0 Å². The first-order valence-electron chi connectivity index (χ1n) is 7.68. The Hall–Kier alpha value is -2.93. The van der Waals surface area contributed by atoms with E-state index in [9.17, 15) is 14.0 Å². The molecular weight excluding hydrogens is 341 g/mol. The first kappa shape index (κ1) is 15.6. The molecular formula is C18H14FN3O2S. The molecule has 0 aliphatic carbocycles. The highest BCUT2D eigenvalue weighted by atomic mass is 32.1. The van der Waals surface area contributed by atoms with Crippen LogP contribution in [0.15, 0.2) is 57.4 Å². The van der Waals surface area contributed by atoms with Gasteiger partial charge in [0.15, 0.2) is 0 Å². The summed E-state index contributed by atoms with van der Waals surface area (Å²) in [5, 5.41) is 5.35. The van der Waals surface area contributed by atoms with Crippen molar-refractivity contribution in [1.82, 2.24) is 14.3 Å². The lowest BCUT2D eigenvalue weighted by molar-refractivity contribution is 0.627. The minimum Gasteiger partial charge on any atom is -0.307 e. The number of aromatic nitrogens is 3. The molecule has 1 aromatic carbocycles. The number of hydrogen-bond acceptors (Lipinski definition) is 3. The number of aryl methyl sites for hydroxylation is 1. The van der Waals surface area contributed by atoms with Crippen LogP contribution in [0, 0.1) is 12.7 Å². The lowest BCUT2D eigenvalue weighted by Gasteiger charge is -2.08. The molecule has 126 valence electrons. The van der Waals surface area contributed by atoms with Gasteiger partial charge in [-0.05, 0) is 42.6 Å². The highest BCUT2D eigenvalue weighted by Crippen LogP contribution is 2.16. The summed E-state index contributed by atoms with van der Waals surface area (Å²) in [6.45, 7) is 2.20. The third kappa shape index (κ3) is 2.62. The molecule has 4 rings (SSSR count). The summed E-state index contributed by atoms with van der Waals surface area (Å²) in [5.41, 5.74) is 1.15. The molecule has 0 aliphatic rings. The average molecular weight is 355 g/mol. The summed E-state index contributed by atoms with van der Waals surface area (Å²) in [6, 6.07) is 10.9. The van der Waals surface area contributed by atoms with Gasteiger partial charge < -0.3 is 4.57 Å². The third-order valence-electron chi connectivity index (χ3n) is 4.20. The van der Waals surface area contributed by atoms with Gasteiger partial charge in [-0.3, -0.25) is 14.7 Å². The van der Waals surface area contributed by atoms with Crippen molar-refractivity contribution in [3.63, 3.8) is 0 Å². The number of pyridine rings is 1. The van der Waals surface area contributed by atoms with E-state index in [4.69, 9.17) is 0 Å². The van der Waals surface area contributed by atoms with E-state index in [2.05, 4.69) is 5.10 Å². The maximum absolute atomic E-state index is 13.1. The molecule has 7 heteroatoms. The van der Waals surface area contributed by atoms with E-state index >= 15 is 0 Å². The van der Waals surface area contributed by atoms with E-state index in [0.29, 0.717) is 28.8 Å². The van der Waals surface area contributed by atoms with Gasteiger partial charge in [0.1, 0.15) is 5.82 Å². The Morgan fingerprint density at radius 2 is 1.92 bits per heavy atom. The van der Waals surface area contributed by atoms with Crippen LogP contribution in [0.25, 0.3) is 16.6 Å². The van der Waals surface area contributed by atoms with E-state index in [1.54, 1.807) is 22.8 Å². The maximum atomic E-state index is 13.1. The molecule has 3 heterocycles. The summed E-state index contributed by atoms with van der Waals surface area (Å²) in [5.74, 6) is -0.375. The quantitative estimate of drug-likeness (QED) is 0.614. The second-order valence-corrected chi connectivity index (χ2v) is 6.78. The Morgan fingerprint density at radius 1 is 1.16 bits per heavy atom. The number of nitrogens with zero attached hydrogens (tertiary/aromatic N) is 2. The number of fused-ring (bicyclic) bond motifs is 1. The summed E-state index contributed by atoms with van der Waals surface area (Å²) >= 11 is 1.56. The second kappa shape index (κ2) is 5.86. The Bertz CT molecular complexity index is 1170. The molecule has 0 saturated heterocycles. The van der Waals surface area contributed by atoms with Crippen molar-refractivity contribution in [3.05, 3.63) is 84.9 Å². The molecule has 0 saturated carbocycles. The topological polar surface area (TPSA) is 59.8 Å². The lowest BCUT2D eigenvalue weighted by atomic mass is 10.2. The molecule has 0 bridgehead atoms. The number of benzene rings is 1. The van der Waals surface area contributed by atoms with Gasteiger partial charge in [-0.1, -0.05) is 6.07 Å². The molecule has 3 aromatic heterocycles. The van der Waals surface area contributed by atoms with Crippen molar-refractivity contribution in [3.8, 4) is 5.69 Å². The van der Waals surface area contributed by atoms with E-state index in [1.807, 2.05) is 17.5 Å². The average Bonchev–Trinajstić information content (AvgIpc) is 3.20. The number of rotatable bonds is 3. The maximum Gasteiger partial charge on any atom is 0.280 e. The first-order valence-corrected chi connectivity index (χ1v) is 8.56. The summed E-state index contributed by atoms with van der Waals surface area (Å²) in [6.07, 6.45) is 0. The summed E-state index contributed by atoms with van der Waals surface area (Å²) < 4.78 is 16.0. The molecule has 0 radical (unpaired) electrons. The van der Waals surface area contributed by atoms with E-state index in [1.165, 1.54) is 35.0 Å². The highest BCUT2D eigenvalue weighted by molar-refractivity contribution is 7.09. The smallest absolute Gasteiger partial charge is 0.280 e. The van der Waals surface area contributed by atoms with Gasteiger partial charge in [-0.25, -0.2) is 9.07 Å². The second-order valence-electron chi connectivity index (χ2n) is 5.75. The van der Waals surface area contributed by atoms with Crippen LogP contribution < -0.4 is 11.1 Å². The first-order chi connectivity index (χ1) is 12.0. The molecule has 0 spiro atoms. The fourth-order valence-electron chi connectivity index (χ4n) is 2.94.